The maximum Gasteiger partial charge on any atom is 0.307 e. The number of esters is 1. The Hall–Kier alpha value is -3.69. The van der Waals surface area contributed by atoms with Gasteiger partial charge in [-0.3, -0.25) is 9.59 Å². The van der Waals surface area contributed by atoms with Crippen LogP contribution in [0.1, 0.15) is 57.3 Å². The van der Waals surface area contributed by atoms with Crippen molar-refractivity contribution < 1.29 is 14.3 Å². The summed E-state index contributed by atoms with van der Waals surface area (Å²) in [4.78, 5) is 26.2. The van der Waals surface area contributed by atoms with Gasteiger partial charge >= 0.3 is 5.97 Å². The third-order valence-corrected chi connectivity index (χ3v) is 6.46. The molecule has 0 aliphatic rings. The molecule has 35 heavy (non-hydrogen) atoms. The molecule has 4 aromatic carbocycles. The zero-order valence-corrected chi connectivity index (χ0v) is 20.1. The monoisotopic (exact) mass is 482 g/mol. The van der Waals surface area contributed by atoms with E-state index in [1.165, 1.54) is 0 Å². The average Bonchev–Trinajstić information content (AvgIpc) is 2.93. The summed E-state index contributed by atoms with van der Waals surface area (Å²) in [5.41, 5.74) is 3.25. The SMILES string of the molecule is O=C(CC(CC(=O)c1ccccc1)c1ccccc1)OC(c1ccccc1)C(Cl)c1ccccc1. The second kappa shape index (κ2) is 12.1. The molecule has 0 aliphatic heterocycles. The number of Topliss-reactive ketones (excluding diaryl/α,β-unsaturated/α-hetero) is 1. The Balaban J connectivity index is 1.55. The van der Waals surface area contributed by atoms with Gasteiger partial charge in [-0.15, -0.1) is 11.6 Å². The smallest absolute Gasteiger partial charge is 0.307 e. The summed E-state index contributed by atoms with van der Waals surface area (Å²) >= 11 is 6.84. The fraction of sp³-hybridized carbons (Fsp3) is 0.161. The van der Waals surface area contributed by atoms with Crippen LogP contribution in [-0.4, -0.2) is 11.8 Å². The molecule has 0 bridgehead atoms. The Morgan fingerprint density at radius 2 is 1.06 bits per heavy atom. The molecule has 3 atom stereocenters. The Kier molecular flexibility index (Phi) is 8.48. The van der Waals surface area contributed by atoms with Crippen molar-refractivity contribution in [1.29, 1.82) is 0 Å². The van der Waals surface area contributed by atoms with Crippen molar-refractivity contribution in [3.05, 3.63) is 144 Å². The number of halogens is 1. The van der Waals surface area contributed by atoms with Crippen LogP contribution >= 0.6 is 11.6 Å². The van der Waals surface area contributed by atoms with Gasteiger partial charge in [0.15, 0.2) is 5.78 Å². The second-order valence-corrected chi connectivity index (χ2v) is 8.91. The number of hydrogen-bond donors (Lipinski definition) is 0. The zero-order chi connectivity index (χ0) is 24.5. The summed E-state index contributed by atoms with van der Waals surface area (Å²) in [6.07, 6.45) is -0.374. The van der Waals surface area contributed by atoms with Crippen LogP contribution in [0.2, 0.25) is 0 Å². The number of ether oxygens (including phenoxy) is 1. The molecule has 0 aliphatic carbocycles. The summed E-state index contributed by atoms with van der Waals surface area (Å²) in [5, 5.41) is -0.552. The van der Waals surface area contributed by atoms with E-state index in [-0.39, 0.29) is 24.5 Å². The van der Waals surface area contributed by atoms with Crippen LogP contribution in [0.3, 0.4) is 0 Å². The summed E-state index contributed by atoms with van der Waals surface area (Å²) < 4.78 is 6.01. The molecule has 0 saturated carbocycles. The largest absolute Gasteiger partial charge is 0.455 e. The minimum atomic E-state index is -0.658. The molecule has 3 nitrogen and oxygen atoms in total. The first kappa shape index (κ1) is 24.4. The normalized spacial score (nSPS) is 13.4. The van der Waals surface area contributed by atoms with E-state index in [9.17, 15) is 9.59 Å². The molecule has 0 N–H and O–H groups in total. The molecule has 0 aromatic heterocycles. The molecular formula is C31H27ClO3. The number of hydrogen-bond acceptors (Lipinski definition) is 3. The molecular weight excluding hydrogens is 456 g/mol. The summed E-state index contributed by atoms with van der Waals surface area (Å²) in [5.74, 6) is -0.708. The van der Waals surface area contributed by atoms with Crippen molar-refractivity contribution in [3.63, 3.8) is 0 Å². The highest BCUT2D eigenvalue weighted by atomic mass is 35.5. The molecule has 0 spiro atoms. The van der Waals surface area contributed by atoms with E-state index in [0.717, 1.165) is 16.7 Å². The van der Waals surface area contributed by atoms with E-state index < -0.39 is 17.5 Å². The lowest BCUT2D eigenvalue weighted by Gasteiger charge is -2.25. The van der Waals surface area contributed by atoms with Gasteiger partial charge < -0.3 is 4.74 Å². The van der Waals surface area contributed by atoms with Gasteiger partial charge in [-0.05, 0) is 16.7 Å². The first-order valence-corrected chi connectivity index (χ1v) is 12.1. The maximum atomic E-state index is 13.3. The number of rotatable bonds is 10. The van der Waals surface area contributed by atoms with Crippen LogP contribution in [0, 0.1) is 0 Å². The van der Waals surface area contributed by atoms with Crippen molar-refractivity contribution >= 4 is 23.4 Å². The summed E-state index contributed by atoms with van der Waals surface area (Å²) in [7, 11) is 0. The number of alkyl halides is 1. The molecule has 0 fully saturated rings. The van der Waals surface area contributed by atoms with Crippen molar-refractivity contribution in [2.45, 2.75) is 30.2 Å². The van der Waals surface area contributed by atoms with Crippen molar-refractivity contribution in [3.8, 4) is 0 Å². The highest BCUT2D eigenvalue weighted by Crippen LogP contribution is 2.38. The molecule has 3 unspecified atom stereocenters. The van der Waals surface area contributed by atoms with Gasteiger partial charge in [-0.1, -0.05) is 121 Å². The van der Waals surface area contributed by atoms with E-state index in [2.05, 4.69) is 0 Å². The lowest BCUT2D eigenvalue weighted by atomic mass is 9.89. The first-order chi connectivity index (χ1) is 17.1. The second-order valence-electron chi connectivity index (χ2n) is 8.44. The van der Waals surface area contributed by atoms with Crippen molar-refractivity contribution in [2.24, 2.45) is 0 Å². The summed E-state index contributed by atoms with van der Waals surface area (Å²) in [6, 6.07) is 37.9. The van der Waals surface area contributed by atoms with Crippen LogP contribution in [-0.2, 0) is 9.53 Å². The number of carbonyl (C=O) groups excluding carboxylic acids is 2. The minimum absolute atomic E-state index is 0.00799. The molecule has 4 heteroatoms. The molecule has 0 radical (unpaired) electrons. The Morgan fingerprint density at radius 1 is 0.600 bits per heavy atom. The molecule has 176 valence electrons. The molecule has 0 saturated heterocycles. The van der Waals surface area contributed by atoms with E-state index in [4.69, 9.17) is 16.3 Å². The third kappa shape index (κ3) is 6.68. The van der Waals surface area contributed by atoms with Crippen LogP contribution in [0.5, 0.6) is 0 Å². The van der Waals surface area contributed by atoms with Crippen molar-refractivity contribution in [2.75, 3.05) is 0 Å². The standard InChI is InChI=1S/C31H27ClO3/c32-30(25-17-9-3-10-18-25)31(26-19-11-4-12-20-26)35-29(34)22-27(23-13-5-1-6-14-23)21-28(33)24-15-7-2-8-16-24/h1-20,27,30-31H,21-22H2. The van der Waals surface area contributed by atoms with Gasteiger partial charge in [0.05, 0.1) is 11.8 Å². The average molecular weight is 483 g/mol. The minimum Gasteiger partial charge on any atom is -0.455 e. The van der Waals surface area contributed by atoms with Gasteiger partial charge in [0.2, 0.25) is 0 Å². The Morgan fingerprint density at radius 3 is 1.60 bits per heavy atom. The van der Waals surface area contributed by atoms with Crippen LogP contribution < -0.4 is 0 Å². The number of carbonyl (C=O) groups is 2. The van der Waals surface area contributed by atoms with Crippen molar-refractivity contribution in [1.82, 2.24) is 0 Å². The zero-order valence-electron chi connectivity index (χ0n) is 19.3. The van der Waals surface area contributed by atoms with Crippen LogP contribution in [0.25, 0.3) is 0 Å². The molecule has 0 amide bonds. The van der Waals surface area contributed by atoms with E-state index >= 15 is 0 Å². The summed E-state index contributed by atoms with van der Waals surface area (Å²) in [6.45, 7) is 0. The number of benzene rings is 4. The van der Waals surface area contributed by atoms with Gasteiger partial charge in [0.1, 0.15) is 6.10 Å². The fourth-order valence-corrected chi connectivity index (χ4v) is 4.48. The fourth-order valence-electron chi connectivity index (χ4n) is 4.14. The topological polar surface area (TPSA) is 43.4 Å². The maximum absolute atomic E-state index is 13.3. The highest BCUT2D eigenvalue weighted by molar-refractivity contribution is 6.21. The third-order valence-electron chi connectivity index (χ3n) is 5.98. The predicted molar refractivity (Wildman–Crippen MR) is 140 cm³/mol. The quantitative estimate of drug-likeness (QED) is 0.132. The first-order valence-electron chi connectivity index (χ1n) is 11.7. The lowest BCUT2D eigenvalue weighted by Crippen LogP contribution is -2.19. The van der Waals surface area contributed by atoms with Gasteiger partial charge in [0, 0.05) is 17.9 Å². The van der Waals surface area contributed by atoms with Crippen LogP contribution in [0.15, 0.2) is 121 Å². The van der Waals surface area contributed by atoms with Gasteiger partial charge in [0.25, 0.3) is 0 Å². The molecule has 4 rings (SSSR count). The predicted octanol–water partition coefficient (Wildman–Crippen LogP) is 7.70. The molecule has 0 heterocycles. The van der Waals surface area contributed by atoms with E-state index in [1.807, 2.05) is 109 Å². The van der Waals surface area contributed by atoms with E-state index in [0.29, 0.717) is 5.56 Å². The Labute approximate surface area is 211 Å². The van der Waals surface area contributed by atoms with E-state index in [1.54, 1.807) is 12.1 Å². The van der Waals surface area contributed by atoms with Crippen LogP contribution in [0.4, 0.5) is 0 Å². The lowest BCUT2D eigenvalue weighted by molar-refractivity contribution is -0.150. The highest BCUT2D eigenvalue weighted by Gasteiger charge is 2.29. The number of ketones is 1. The van der Waals surface area contributed by atoms with Gasteiger partial charge in [-0.2, -0.15) is 0 Å². The Bertz CT molecular complexity index is 1210. The molecule has 4 aromatic rings. The van der Waals surface area contributed by atoms with Gasteiger partial charge in [-0.25, -0.2) is 0 Å².